The number of para-hydroxylation sites is 1. The first-order valence-corrected chi connectivity index (χ1v) is 12.4. The summed E-state index contributed by atoms with van der Waals surface area (Å²) in [6, 6.07) is 13.5. The van der Waals surface area contributed by atoms with Crippen molar-refractivity contribution in [2.45, 2.75) is 17.9 Å². The monoisotopic (exact) mass is 581 g/mol. The van der Waals surface area contributed by atoms with E-state index in [1.807, 2.05) is 0 Å². The van der Waals surface area contributed by atoms with Gasteiger partial charge in [0.2, 0.25) is 5.91 Å². The third-order valence-corrected chi connectivity index (χ3v) is 6.45. The number of hydrogen-bond donors (Lipinski definition) is 2. The first kappa shape index (κ1) is 28.0. The molecular formula is C25H17ClF5N5O2S. The summed E-state index contributed by atoms with van der Waals surface area (Å²) in [4.78, 5) is 25.0. The summed E-state index contributed by atoms with van der Waals surface area (Å²) >= 11 is 6.76. The van der Waals surface area contributed by atoms with Gasteiger partial charge in [0, 0.05) is 0 Å². The van der Waals surface area contributed by atoms with Crippen LogP contribution in [0.1, 0.15) is 21.7 Å². The normalized spacial score (nSPS) is 11.3. The maximum absolute atomic E-state index is 14.1. The van der Waals surface area contributed by atoms with Gasteiger partial charge in [-0.2, -0.15) is 13.2 Å². The van der Waals surface area contributed by atoms with Gasteiger partial charge in [0.15, 0.2) is 11.0 Å². The number of amides is 2. The van der Waals surface area contributed by atoms with Gasteiger partial charge < -0.3 is 10.6 Å². The second kappa shape index (κ2) is 11.8. The Morgan fingerprint density at radius 1 is 0.949 bits per heavy atom. The highest BCUT2D eigenvalue weighted by Gasteiger charge is 2.31. The van der Waals surface area contributed by atoms with E-state index in [4.69, 9.17) is 11.6 Å². The van der Waals surface area contributed by atoms with Crippen LogP contribution in [-0.2, 0) is 17.5 Å². The van der Waals surface area contributed by atoms with Crippen LogP contribution in [0.25, 0.3) is 5.69 Å². The molecule has 0 fully saturated rings. The number of benzene rings is 3. The molecule has 39 heavy (non-hydrogen) atoms. The highest BCUT2D eigenvalue weighted by atomic mass is 35.5. The van der Waals surface area contributed by atoms with Crippen LogP contribution in [0.5, 0.6) is 0 Å². The number of thioether (sulfide) groups is 1. The van der Waals surface area contributed by atoms with E-state index in [1.54, 1.807) is 0 Å². The lowest BCUT2D eigenvalue weighted by Gasteiger charge is -2.14. The molecule has 2 amide bonds. The van der Waals surface area contributed by atoms with Crippen molar-refractivity contribution < 1.29 is 31.5 Å². The Kier molecular flexibility index (Phi) is 8.51. The lowest BCUT2D eigenvalue weighted by molar-refractivity contribution is -0.137. The van der Waals surface area contributed by atoms with Crippen molar-refractivity contribution in [2.75, 3.05) is 11.1 Å². The molecule has 0 unspecified atom stereocenters. The molecule has 2 N–H and O–H groups in total. The molecule has 0 saturated carbocycles. The van der Waals surface area contributed by atoms with Crippen LogP contribution >= 0.6 is 23.4 Å². The van der Waals surface area contributed by atoms with Crippen LogP contribution in [0.4, 0.5) is 27.6 Å². The quantitative estimate of drug-likeness (QED) is 0.200. The molecule has 0 saturated heterocycles. The lowest BCUT2D eigenvalue weighted by atomic mass is 10.2. The second-order valence-electron chi connectivity index (χ2n) is 7.88. The molecule has 3 aromatic carbocycles. The Hall–Kier alpha value is -3.97. The minimum absolute atomic E-state index is 0.00000929. The van der Waals surface area contributed by atoms with Crippen molar-refractivity contribution in [1.82, 2.24) is 20.1 Å². The van der Waals surface area contributed by atoms with Crippen molar-refractivity contribution >= 4 is 40.9 Å². The fraction of sp³-hybridized carbons (Fsp3) is 0.120. The average Bonchev–Trinajstić information content (AvgIpc) is 3.30. The average molecular weight is 582 g/mol. The van der Waals surface area contributed by atoms with Gasteiger partial charge in [-0.3, -0.25) is 14.2 Å². The zero-order valence-corrected chi connectivity index (χ0v) is 21.2. The summed E-state index contributed by atoms with van der Waals surface area (Å²) in [7, 11) is 0. The molecule has 0 aliphatic heterocycles. The van der Waals surface area contributed by atoms with Gasteiger partial charge in [-0.15, -0.1) is 10.2 Å². The molecule has 0 bridgehead atoms. The molecule has 202 valence electrons. The minimum atomic E-state index is -4.65. The van der Waals surface area contributed by atoms with Gasteiger partial charge in [0.25, 0.3) is 5.91 Å². The Morgan fingerprint density at radius 3 is 2.38 bits per heavy atom. The smallest absolute Gasteiger partial charge is 0.345 e. The van der Waals surface area contributed by atoms with E-state index in [0.717, 1.165) is 30.0 Å². The predicted molar refractivity (Wildman–Crippen MR) is 135 cm³/mol. The Morgan fingerprint density at radius 2 is 1.67 bits per heavy atom. The standard InChI is InChI=1S/C25H17ClF5N5O2S/c26-16-7-4-9-18(28)22(16)23(38)32-12-20-34-35-24(36(20)15-6-3-5-14(11-15)25(29,30)31)39-13-21(37)33-19-10-2-1-8-17(19)27/h1-11H,12-13H2,(H,32,38)(H,33,37). The molecule has 0 aliphatic rings. The largest absolute Gasteiger partial charge is 0.416 e. The fourth-order valence-corrected chi connectivity index (χ4v) is 4.45. The van der Waals surface area contributed by atoms with Crippen molar-refractivity contribution in [3.8, 4) is 5.69 Å². The molecular weight excluding hydrogens is 565 g/mol. The molecule has 0 aliphatic carbocycles. The zero-order valence-electron chi connectivity index (χ0n) is 19.6. The SMILES string of the molecule is O=C(CSc1nnc(CNC(=O)c2c(F)cccc2Cl)n1-c1cccc(C(F)(F)F)c1)Nc1ccccc1F. The molecule has 4 rings (SSSR count). The van der Waals surface area contributed by atoms with E-state index in [0.29, 0.717) is 0 Å². The molecule has 0 atom stereocenters. The maximum atomic E-state index is 14.1. The summed E-state index contributed by atoms with van der Waals surface area (Å²) in [5.41, 5.74) is -1.41. The highest BCUT2D eigenvalue weighted by molar-refractivity contribution is 7.99. The summed E-state index contributed by atoms with van der Waals surface area (Å²) in [5.74, 6) is -3.29. The summed E-state index contributed by atoms with van der Waals surface area (Å²) in [6.45, 7) is -0.366. The van der Waals surface area contributed by atoms with E-state index < -0.39 is 40.8 Å². The van der Waals surface area contributed by atoms with Crippen LogP contribution in [0.2, 0.25) is 5.02 Å². The molecule has 7 nitrogen and oxygen atoms in total. The first-order chi connectivity index (χ1) is 18.5. The van der Waals surface area contributed by atoms with Gasteiger partial charge in [0.1, 0.15) is 11.6 Å². The van der Waals surface area contributed by atoms with Crippen LogP contribution in [0, 0.1) is 11.6 Å². The first-order valence-electron chi connectivity index (χ1n) is 11.1. The number of halogens is 6. The van der Waals surface area contributed by atoms with Gasteiger partial charge in [-0.1, -0.05) is 47.6 Å². The van der Waals surface area contributed by atoms with Crippen molar-refractivity contribution in [3.63, 3.8) is 0 Å². The van der Waals surface area contributed by atoms with E-state index in [1.165, 1.54) is 53.1 Å². The number of carbonyl (C=O) groups excluding carboxylic acids is 2. The number of anilines is 1. The van der Waals surface area contributed by atoms with Gasteiger partial charge in [0.05, 0.1) is 39.8 Å². The van der Waals surface area contributed by atoms with Crippen LogP contribution in [0.15, 0.2) is 71.9 Å². The lowest BCUT2D eigenvalue weighted by Crippen LogP contribution is -2.26. The van der Waals surface area contributed by atoms with E-state index in [-0.39, 0.29) is 39.7 Å². The van der Waals surface area contributed by atoms with Crippen molar-refractivity contribution in [2.24, 2.45) is 0 Å². The molecule has 14 heteroatoms. The molecule has 1 heterocycles. The van der Waals surface area contributed by atoms with Crippen LogP contribution in [0.3, 0.4) is 0 Å². The maximum Gasteiger partial charge on any atom is 0.416 e. The highest BCUT2D eigenvalue weighted by Crippen LogP contribution is 2.32. The topological polar surface area (TPSA) is 88.9 Å². The van der Waals surface area contributed by atoms with E-state index in [9.17, 15) is 31.5 Å². The second-order valence-corrected chi connectivity index (χ2v) is 9.23. The minimum Gasteiger partial charge on any atom is -0.345 e. The number of rotatable bonds is 8. The Labute approximate surface area is 227 Å². The number of nitrogens with one attached hydrogen (secondary N) is 2. The van der Waals surface area contributed by atoms with Crippen molar-refractivity contribution in [3.05, 3.63) is 100 Å². The van der Waals surface area contributed by atoms with Gasteiger partial charge >= 0.3 is 6.18 Å². The van der Waals surface area contributed by atoms with Crippen molar-refractivity contribution in [1.29, 1.82) is 0 Å². The fourth-order valence-electron chi connectivity index (χ4n) is 3.43. The summed E-state index contributed by atoms with van der Waals surface area (Å²) in [6.07, 6.45) is -4.65. The van der Waals surface area contributed by atoms with E-state index >= 15 is 0 Å². The number of hydrogen-bond acceptors (Lipinski definition) is 5. The number of carbonyl (C=O) groups is 2. The number of alkyl halides is 3. The number of aromatic nitrogens is 3. The third kappa shape index (κ3) is 6.73. The Bertz CT molecular complexity index is 1510. The predicted octanol–water partition coefficient (Wildman–Crippen LogP) is 5.88. The van der Waals surface area contributed by atoms with Crippen LogP contribution in [-0.4, -0.2) is 32.3 Å². The van der Waals surface area contributed by atoms with Gasteiger partial charge in [-0.25, -0.2) is 8.78 Å². The van der Waals surface area contributed by atoms with E-state index in [2.05, 4.69) is 20.8 Å². The zero-order chi connectivity index (χ0) is 28.2. The summed E-state index contributed by atoms with van der Waals surface area (Å²) in [5, 5.41) is 12.6. The van der Waals surface area contributed by atoms with Gasteiger partial charge in [-0.05, 0) is 42.5 Å². The number of nitrogens with zero attached hydrogens (tertiary/aromatic N) is 3. The summed E-state index contributed by atoms with van der Waals surface area (Å²) < 4.78 is 69.4. The molecule has 4 aromatic rings. The van der Waals surface area contributed by atoms with Crippen LogP contribution < -0.4 is 10.6 Å². The molecule has 0 radical (unpaired) electrons. The third-order valence-electron chi connectivity index (χ3n) is 5.21. The molecule has 1 aromatic heterocycles. The molecule has 0 spiro atoms. The Balaban J connectivity index is 1.60.